The molecule has 11 heteroatoms. The first-order valence-electron chi connectivity index (χ1n) is 9.58. The molecule has 1 atom stereocenters. The fourth-order valence-corrected chi connectivity index (χ4v) is 4.22. The number of benzene rings is 1. The summed E-state index contributed by atoms with van der Waals surface area (Å²) in [6, 6.07) is 6.45. The van der Waals surface area contributed by atoms with Gasteiger partial charge >= 0.3 is 6.18 Å². The molecule has 0 unspecified atom stereocenters. The van der Waals surface area contributed by atoms with Crippen molar-refractivity contribution < 1.29 is 27.1 Å². The van der Waals surface area contributed by atoms with E-state index in [2.05, 4.69) is 15.5 Å². The number of nitrogens with one attached hydrogen (secondary N) is 1. The molecule has 1 fully saturated rings. The lowest BCUT2D eigenvalue weighted by Gasteiger charge is -2.14. The van der Waals surface area contributed by atoms with Gasteiger partial charge in [-0.25, -0.2) is 0 Å². The van der Waals surface area contributed by atoms with Crippen LogP contribution in [-0.2, 0) is 17.5 Å². The minimum atomic E-state index is -4.48. The van der Waals surface area contributed by atoms with Gasteiger partial charge in [0.2, 0.25) is 0 Å². The molecule has 7 nitrogen and oxygen atoms in total. The number of halogens is 3. The lowest BCUT2D eigenvalue weighted by Crippen LogP contribution is -2.24. The highest BCUT2D eigenvalue weighted by atomic mass is 32.2. The molecular formula is C20H19F3N4O3S. The van der Waals surface area contributed by atoms with Gasteiger partial charge in [-0.1, -0.05) is 17.8 Å². The average Bonchev–Trinajstić information content (AvgIpc) is 3.52. The van der Waals surface area contributed by atoms with Crippen LogP contribution in [0, 0.1) is 0 Å². The smallest absolute Gasteiger partial charge is 0.416 e. The summed E-state index contributed by atoms with van der Waals surface area (Å²) in [7, 11) is 0. The van der Waals surface area contributed by atoms with Crippen molar-refractivity contribution in [2.45, 2.75) is 36.8 Å². The monoisotopic (exact) mass is 452 g/mol. The Morgan fingerprint density at radius 2 is 2.16 bits per heavy atom. The lowest BCUT2D eigenvalue weighted by atomic mass is 10.2. The number of aromatic nitrogens is 3. The summed E-state index contributed by atoms with van der Waals surface area (Å²) < 4.78 is 51.8. The summed E-state index contributed by atoms with van der Waals surface area (Å²) in [6.07, 6.45) is 0.177. The summed E-state index contributed by atoms with van der Waals surface area (Å²) >= 11 is 1.36. The lowest BCUT2D eigenvalue weighted by molar-refractivity contribution is -0.137. The quantitative estimate of drug-likeness (QED) is 0.544. The van der Waals surface area contributed by atoms with Gasteiger partial charge in [-0.2, -0.15) is 13.2 Å². The van der Waals surface area contributed by atoms with Crippen molar-refractivity contribution in [3.05, 3.63) is 59.8 Å². The van der Waals surface area contributed by atoms with Crippen LogP contribution in [0.25, 0.3) is 5.69 Å². The molecule has 1 saturated heterocycles. The Morgan fingerprint density at radius 3 is 2.87 bits per heavy atom. The molecule has 2 aromatic heterocycles. The van der Waals surface area contributed by atoms with Crippen molar-refractivity contribution >= 4 is 17.7 Å². The van der Waals surface area contributed by atoms with Gasteiger partial charge < -0.3 is 14.5 Å². The van der Waals surface area contributed by atoms with E-state index in [1.165, 1.54) is 41.0 Å². The van der Waals surface area contributed by atoms with Crippen molar-refractivity contribution in [3.8, 4) is 5.69 Å². The molecule has 1 aromatic carbocycles. The highest BCUT2D eigenvalue weighted by molar-refractivity contribution is 7.99. The number of hydrogen-bond acceptors (Lipinski definition) is 6. The van der Waals surface area contributed by atoms with E-state index in [-0.39, 0.29) is 24.2 Å². The topological polar surface area (TPSA) is 82.2 Å². The van der Waals surface area contributed by atoms with E-state index in [1.807, 2.05) is 0 Å². The number of ether oxygens (including phenoxy) is 1. The van der Waals surface area contributed by atoms with Crippen molar-refractivity contribution in [1.29, 1.82) is 0 Å². The zero-order chi connectivity index (χ0) is 21.8. The Hall–Kier alpha value is -2.79. The van der Waals surface area contributed by atoms with Gasteiger partial charge in [0.05, 0.1) is 35.7 Å². The summed E-state index contributed by atoms with van der Waals surface area (Å²) in [4.78, 5) is 12.2. The van der Waals surface area contributed by atoms with E-state index < -0.39 is 11.7 Å². The SMILES string of the molecule is O=C(NCc1nnc(SC[C@@H]2CCCO2)n1-c1cccc(C(F)(F)F)c1)c1ccoc1. The molecule has 0 saturated carbocycles. The number of furan rings is 1. The van der Waals surface area contributed by atoms with Gasteiger partial charge in [-0.05, 0) is 37.1 Å². The molecule has 1 aliphatic heterocycles. The summed E-state index contributed by atoms with van der Waals surface area (Å²) in [5.74, 6) is 0.533. The standard InChI is InChI=1S/C20H19F3N4O3S/c21-20(22,23)14-3-1-4-15(9-14)27-17(10-24-18(28)13-6-8-29-11-13)25-26-19(27)31-12-16-5-2-7-30-16/h1,3-4,6,8-9,11,16H,2,5,7,10,12H2,(H,24,28)/t16-/m0/s1. The van der Waals surface area contributed by atoms with Gasteiger partial charge in [-0.15, -0.1) is 10.2 Å². The minimum absolute atomic E-state index is 0.0201. The molecule has 1 aliphatic rings. The third-order valence-electron chi connectivity index (χ3n) is 4.74. The Kier molecular flexibility index (Phi) is 6.33. The maximum absolute atomic E-state index is 13.2. The van der Waals surface area contributed by atoms with Gasteiger partial charge in [0.15, 0.2) is 11.0 Å². The molecule has 3 heterocycles. The molecule has 0 aliphatic carbocycles. The number of rotatable bonds is 7. The Morgan fingerprint density at radius 1 is 1.29 bits per heavy atom. The second-order valence-electron chi connectivity index (χ2n) is 6.92. The predicted octanol–water partition coefficient (Wildman–Crippen LogP) is 4.08. The number of nitrogens with zero attached hydrogens (tertiary/aromatic N) is 3. The van der Waals surface area contributed by atoms with Crippen LogP contribution >= 0.6 is 11.8 Å². The molecule has 0 spiro atoms. The fraction of sp³-hybridized carbons (Fsp3) is 0.350. The molecule has 3 aromatic rings. The first kappa shape index (κ1) is 21.4. The normalized spacial score (nSPS) is 16.5. The van der Waals surface area contributed by atoms with Crippen LogP contribution in [0.2, 0.25) is 0 Å². The summed E-state index contributed by atoms with van der Waals surface area (Å²) in [5, 5.41) is 11.4. The van der Waals surface area contributed by atoms with Crippen molar-refractivity contribution in [3.63, 3.8) is 0 Å². The van der Waals surface area contributed by atoms with Crippen LogP contribution in [0.15, 0.2) is 52.4 Å². The van der Waals surface area contributed by atoms with E-state index in [4.69, 9.17) is 9.15 Å². The molecule has 31 heavy (non-hydrogen) atoms. The molecule has 164 valence electrons. The Bertz CT molecular complexity index is 1030. The Balaban J connectivity index is 1.60. The summed E-state index contributed by atoms with van der Waals surface area (Å²) in [5.41, 5.74) is -0.178. The maximum Gasteiger partial charge on any atom is 0.416 e. The number of hydrogen-bond donors (Lipinski definition) is 1. The van der Waals surface area contributed by atoms with Crippen LogP contribution in [0.4, 0.5) is 13.2 Å². The average molecular weight is 452 g/mol. The van der Waals surface area contributed by atoms with Crippen LogP contribution < -0.4 is 5.32 Å². The van der Waals surface area contributed by atoms with Crippen LogP contribution in [-0.4, -0.2) is 39.1 Å². The van der Waals surface area contributed by atoms with E-state index in [0.717, 1.165) is 25.0 Å². The number of carbonyl (C=O) groups is 1. The highest BCUT2D eigenvalue weighted by Crippen LogP contribution is 2.32. The van der Waals surface area contributed by atoms with E-state index in [1.54, 1.807) is 6.07 Å². The van der Waals surface area contributed by atoms with Crippen molar-refractivity contribution in [2.75, 3.05) is 12.4 Å². The van der Waals surface area contributed by atoms with E-state index in [9.17, 15) is 18.0 Å². The second kappa shape index (κ2) is 9.15. The first-order chi connectivity index (χ1) is 14.9. The minimum Gasteiger partial charge on any atom is -0.472 e. The van der Waals surface area contributed by atoms with Crippen molar-refractivity contribution in [2.24, 2.45) is 0 Å². The fourth-order valence-electron chi connectivity index (χ4n) is 3.19. The molecule has 1 amide bonds. The third-order valence-corrected chi connectivity index (χ3v) is 5.81. The zero-order valence-corrected chi connectivity index (χ0v) is 17.1. The van der Waals surface area contributed by atoms with E-state index in [0.29, 0.717) is 28.9 Å². The molecule has 1 N–H and O–H groups in total. The van der Waals surface area contributed by atoms with Gasteiger partial charge in [0, 0.05) is 12.4 Å². The number of thioether (sulfide) groups is 1. The second-order valence-corrected chi connectivity index (χ2v) is 7.91. The zero-order valence-electron chi connectivity index (χ0n) is 16.3. The largest absolute Gasteiger partial charge is 0.472 e. The first-order valence-corrected chi connectivity index (χ1v) is 10.6. The third kappa shape index (κ3) is 5.10. The highest BCUT2D eigenvalue weighted by Gasteiger charge is 2.31. The van der Waals surface area contributed by atoms with Crippen LogP contribution in [0.1, 0.15) is 34.6 Å². The van der Waals surface area contributed by atoms with Crippen molar-refractivity contribution in [1.82, 2.24) is 20.1 Å². The number of amides is 1. The Labute approximate surface area is 180 Å². The number of carbonyl (C=O) groups excluding carboxylic acids is 1. The van der Waals surface area contributed by atoms with Gasteiger partial charge in [0.25, 0.3) is 5.91 Å². The van der Waals surface area contributed by atoms with Gasteiger partial charge in [-0.3, -0.25) is 9.36 Å². The maximum atomic E-state index is 13.2. The van der Waals surface area contributed by atoms with Crippen LogP contribution in [0.5, 0.6) is 0 Å². The van der Waals surface area contributed by atoms with E-state index >= 15 is 0 Å². The molecule has 0 bridgehead atoms. The number of alkyl halides is 3. The molecule has 4 rings (SSSR count). The predicted molar refractivity (Wildman–Crippen MR) is 106 cm³/mol. The molecular weight excluding hydrogens is 433 g/mol. The van der Waals surface area contributed by atoms with Gasteiger partial charge in [0.1, 0.15) is 6.26 Å². The van der Waals surface area contributed by atoms with Crippen LogP contribution in [0.3, 0.4) is 0 Å². The summed E-state index contributed by atoms with van der Waals surface area (Å²) in [6.45, 7) is 0.685. The molecule has 0 radical (unpaired) electrons.